The van der Waals surface area contributed by atoms with E-state index in [1.807, 2.05) is 43.3 Å². The van der Waals surface area contributed by atoms with E-state index in [1.54, 1.807) is 6.07 Å². The van der Waals surface area contributed by atoms with Crippen LogP contribution in [0.2, 0.25) is 5.02 Å². The zero-order valence-corrected chi connectivity index (χ0v) is 13.3. The van der Waals surface area contributed by atoms with E-state index in [-0.39, 0.29) is 5.91 Å². The van der Waals surface area contributed by atoms with Crippen molar-refractivity contribution >= 4 is 45.8 Å². The summed E-state index contributed by atoms with van der Waals surface area (Å²) in [7, 11) is 0. The number of rotatable bonds is 3. The molecule has 0 atom stereocenters. The number of hydrogen-bond acceptors (Lipinski definition) is 1. The van der Waals surface area contributed by atoms with Crippen LogP contribution in [0.5, 0.6) is 0 Å². The molecule has 0 aliphatic heterocycles. The Kier molecular flexibility index (Phi) is 4.82. The second kappa shape index (κ2) is 6.39. The zero-order valence-electron chi connectivity index (χ0n) is 10.4. The maximum absolute atomic E-state index is 12.3. The highest BCUT2D eigenvalue weighted by Gasteiger charge is 2.11. The molecule has 0 aliphatic carbocycles. The van der Waals surface area contributed by atoms with Crippen molar-refractivity contribution < 1.29 is 4.79 Å². The first-order valence-electron chi connectivity index (χ1n) is 5.96. The summed E-state index contributed by atoms with van der Waals surface area (Å²) in [5, 5.41) is 3.59. The lowest BCUT2D eigenvalue weighted by Gasteiger charge is -2.10. The summed E-state index contributed by atoms with van der Waals surface area (Å²) >= 11 is 8.06. The molecule has 4 heteroatoms. The Morgan fingerprint density at radius 1 is 1.26 bits per heavy atom. The third-order valence-electron chi connectivity index (χ3n) is 2.82. The van der Waals surface area contributed by atoms with Crippen molar-refractivity contribution in [2.75, 3.05) is 5.32 Å². The number of amides is 1. The summed E-state index contributed by atoms with van der Waals surface area (Å²) in [6.07, 6.45) is 0.835. The molecule has 0 aromatic heterocycles. The van der Waals surface area contributed by atoms with Gasteiger partial charge in [-0.1, -0.05) is 36.7 Å². The zero-order chi connectivity index (χ0) is 13.8. The number of halogens is 2. The summed E-state index contributed by atoms with van der Waals surface area (Å²) < 4.78 is 0.924. The number of anilines is 1. The van der Waals surface area contributed by atoms with E-state index in [9.17, 15) is 4.79 Å². The highest BCUT2D eigenvalue weighted by atomic mass is 127. The van der Waals surface area contributed by atoms with Gasteiger partial charge in [-0.3, -0.25) is 4.79 Å². The van der Waals surface area contributed by atoms with Gasteiger partial charge < -0.3 is 5.32 Å². The molecule has 1 N–H and O–H groups in total. The maximum Gasteiger partial charge on any atom is 0.255 e. The molecule has 0 aliphatic rings. The van der Waals surface area contributed by atoms with Crippen molar-refractivity contribution in [2.24, 2.45) is 0 Å². The fourth-order valence-electron chi connectivity index (χ4n) is 1.83. The van der Waals surface area contributed by atoms with Crippen molar-refractivity contribution in [3.05, 3.63) is 62.2 Å². The third kappa shape index (κ3) is 3.48. The maximum atomic E-state index is 12.3. The molecule has 1 amide bonds. The minimum absolute atomic E-state index is 0.0855. The van der Waals surface area contributed by atoms with Crippen LogP contribution >= 0.6 is 34.2 Å². The number of aryl methyl sites for hydroxylation is 1. The molecule has 19 heavy (non-hydrogen) atoms. The lowest BCUT2D eigenvalue weighted by Crippen LogP contribution is -2.14. The summed E-state index contributed by atoms with van der Waals surface area (Å²) in [4.78, 5) is 12.3. The topological polar surface area (TPSA) is 29.1 Å². The number of carbonyl (C=O) groups is 1. The van der Waals surface area contributed by atoms with E-state index >= 15 is 0 Å². The number of carbonyl (C=O) groups excluding carboxylic acids is 1. The lowest BCUT2D eigenvalue weighted by atomic mass is 10.0. The summed E-state index contributed by atoms with van der Waals surface area (Å²) in [5.74, 6) is -0.0855. The fourth-order valence-corrected chi connectivity index (χ4v) is 2.84. The molecule has 98 valence electrons. The molecule has 0 radical (unpaired) electrons. The van der Waals surface area contributed by atoms with Gasteiger partial charge in [0.05, 0.1) is 5.69 Å². The Morgan fingerprint density at radius 3 is 2.68 bits per heavy atom. The highest BCUT2D eigenvalue weighted by Crippen LogP contribution is 2.23. The smallest absolute Gasteiger partial charge is 0.255 e. The molecule has 0 fully saturated rings. The molecule has 2 nitrogen and oxygen atoms in total. The number of nitrogens with one attached hydrogen (secondary N) is 1. The molecule has 0 unspecified atom stereocenters. The van der Waals surface area contributed by atoms with Crippen LogP contribution in [0, 0.1) is 3.57 Å². The van der Waals surface area contributed by atoms with Gasteiger partial charge in [-0.15, -0.1) is 0 Å². The fraction of sp³-hybridized carbons (Fsp3) is 0.133. The van der Waals surface area contributed by atoms with Gasteiger partial charge in [-0.2, -0.15) is 0 Å². The van der Waals surface area contributed by atoms with Crippen LogP contribution in [0.3, 0.4) is 0 Å². The van der Waals surface area contributed by atoms with Crippen molar-refractivity contribution in [3.63, 3.8) is 0 Å². The summed E-state index contributed by atoms with van der Waals surface area (Å²) in [5.41, 5.74) is 2.54. The molecule has 0 saturated heterocycles. The summed E-state index contributed by atoms with van der Waals surface area (Å²) in [6.45, 7) is 2.04. The predicted molar refractivity (Wildman–Crippen MR) is 87.9 cm³/mol. The van der Waals surface area contributed by atoms with E-state index in [2.05, 4.69) is 27.9 Å². The quantitative estimate of drug-likeness (QED) is 0.758. The number of hydrogen-bond donors (Lipinski definition) is 1. The van der Waals surface area contributed by atoms with Crippen LogP contribution in [0.15, 0.2) is 42.5 Å². The van der Waals surface area contributed by atoms with Gasteiger partial charge in [0.25, 0.3) is 5.91 Å². The van der Waals surface area contributed by atoms with Gasteiger partial charge in [-0.25, -0.2) is 0 Å². The van der Waals surface area contributed by atoms with Crippen molar-refractivity contribution in [2.45, 2.75) is 13.3 Å². The predicted octanol–water partition coefficient (Wildman–Crippen LogP) is 4.76. The monoisotopic (exact) mass is 385 g/mol. The molecule has 2 rings (SSSR count). The van der Waals surface area contributed by atoms with E-state index < -0.39 is 0 Å². The normalized spacial score (nSPS) is 10.3. The lowest BCUT2D eigenvalue weighted by molar-refractivity contribution is 0.102. The second-order valence-corrected chi connectivity index (χ2v) is 5.69. The Labute approximate surface area is 131 Å². The minimum atomic E-state index is -0.0855. The first kappa shape index (κ1) is 14.3. The van der Waals surface area contributed by atoms with Gasteiger partial charge in [0.15, 0.2) is 0 Å². The molecular weight excluding hydrogens is 373 g/mol. The molecule has 2 aromatic rings. The van der Waals surface area contributed by atoms with Crippen LogP contribution < -0.4 is 5.32 Å². The molecule has 0 spiro atoms. The van der Waals surface area contributed by atoms with E-state index in [1.165, 1.54) is 0 Å². The Bertz CT molecular complexity index is 613. The Hall–Kier alpha value is -1.07. The molecule has 0 bridgehead atoms. The van der Waals surface area contributed by atoms with Gasteiger partial charge in [0.2, 0.25) is 0 Å². The SMILES string of the molecule is CCc1ccccc1C(=O)Nc1ccc(Cl)cc1I. The van der Waals surface area contributed by atoms with E-state index in [0.29, 0.717) is 5.02 Å². The Balaban J connectivity index is 2.26. The molecule has 0 saturated carbocycles. The first-order valence-corrected chi connectivity index (χ1v) is 7.41. The van der Waals surface area contributed by atoms with Gasteiger partial charge in [0, 0.05) is 14.2 Å². The largest absolute Gasteiger partial charge is 0.321 e. The van der Waals surface area contributed by atoms with Gasteiger partial charge in [0.1, 0.15) is 0 Å². The third-order valence-corrected chi connectivity index (χ3v) is 3.95. The van der Waals surface area contributed by atoms with Crippen LogP contribution in [-0.2, 0) is 6.42 Å². The minimum Gasteiger partial charge on any atom is -0.321 e. The van der Waals surface area contributed by atoms with Crippen LogP contribution in [0.25, 0.3) is 0 Å². The van der Waals surface area contributed by atoms with Crippen molar-refractivity contribution in [1.82, 2.24) is 0 Å². The average molecular weight is 386 g/mol. The average Bonchev–Trinajstić information content (AvgIpc) is 2.41. The standard InChI is InChI=1S/C15H13ClINO/c1-2-10-5-3-4-6-12(10)15(19)18-14-8-7-11(16)9-13(14)17/h3-9H,2H2,1H3,(H,18,19). The van der Waals surface area contributed by atoms with Gasteiger partial charge >= 0.3 is 0 Å². The summed E-state index contributed by atoms with van der Waals surface area (Å²) in [6, 6.07) is 13.0. The number of benzene rings is 2. The van der Waals surface area contributed by atoms with Crippen molar-refractivity contribution in [1.29, 1.82) is 0 Å². The molecular formula is C15H13ClINO. The van der Waals surface area contributed by atoms with Crippen LogP contribution in [-0.4, -0.2) is 5.91 Å². The van der Waals surface area contributed by atoms with Crippen LogP contribution in [0.4, 0.5) is 5.69 Å². The van der Waals surface area contributed by atoms with Gasteiger partial charge in [-0.05, 0) is 58.8 Å². The Morgan fingerprint density at radius 2 is 2.00 bits per heavy atom. The second-order valence-electron chi connectivity index (χ2n) is 4.09. The van der Waals surface area contributed by atoms with E-state index in [0.717, 1.165) is 26.8 Å². The van der Waals surface area contributed by atoms with Crippen molar-refractivity contribution in [3.8, 4) is 0 Å². The van der Waals surface area contributed by atoms with Crippen LogP contribution in [0.1, 0.15) is 22.8 Å². The first-order chi connectivity index (χ1) is 9.11. The molecule has 0 heterocycles. The molecule has 2 aromatic carbocycles. The van der Waals surface area contributed by atoms with E-state index in [4.69, 9.17) is 11.6 Å². The highest BCUT2D eigenvalue weighted by molar-refractivity contribution is 14.1.